The van der Waals surface area contributed by atoms with E-state index in [4.69, 9.17) is 4.74 Å². The molecule has 1 aliphatic rings. The summed E-state index contributed by atoms with van der Waals surface area (Å²) in [7, 11) is -2.04. The van der Waals surface area contributed by atoms with Crippen molar-refractivity contribution < 1.29 is 18.3 Å². The number of rotatable bonds is 4. The maximum Gasteiger partial charge on any atom is 0.256 e. The molecule has 0 aromatic carbocycles. The second-order valence-electron chi connectivity index (χ2n) is 4.52. The van der Waals surface area contributed by atoms with Crippen LogP contribution in [0, 0.1) is 11.8 Å². The lowest BCUT2D eigenvalue weighted by Gasteiger charge is -2.15. The highest BCUT2D eigenvalue weighted by Crippen LogP contribution is 2.35. The molecule has 2 rings (SSSR count). The van der Waals surface area contributed by atoms with Gasteiger partial charge in [-0.05, 0) is 23.3 Å². The minimum absolute atomic E-state index is 0.0192. The zero-order valence-electron chi connectivity index (χ0n) is 10.4. The molecule has 0 aliphatic carbocycles. The quantitative estimate of drug-likeness (QED) is 0.899. The summed E-state index contributed by atoms with van der Waals surface area (Å²) in [5.41, 5.74) is 0. The lowest BCUT2D eigenvalue weighted by Crippen LogP contribution is -2.29. The van der Waals surface area contributed by atoms with Crippen molar-refractivity contribution in [1.82, 2.24) is 4.31 Å². The van der Waals surface area contributed by atoms with Crippen molar-refractivity contribution in [2.45, 2.75) is 11.1 Å². The van der Waals surface area contributed by atoms with Crippen LogP contribution in [-0.2, 0) is 10.0 Å². The maximum absolute atomic E-state index is 12.5. The van der Waals surface area contributed by atoms with Crippen LogP contribution in [0.3, 0.4) is 0 Å². The fraction of sp³-hybridized carbons (Fsp3) is 0.636. The smallest absolute Gasteiger partial charge is 0.256 e. The third-order valence-electron chi connectivity index (χ3n) is 3.36. The van der Waals surface area contributed by atoms with E-state index in [9.17, 15) is 13.5 Å². The van der Waals surface area contributed by atoms with Gasteiger partial charge in [0.2, 0.25) is 0 Å². The third kappa shape index (κ3) is 2.27. The van der Waals surface area contributed by atoms with Crippen LogP contribution in [0.25, 0.3) is 0 Å². The molecule has 0 spiro atoms. The molecule has 0 amide bonds. The molecule has 1 fully saturated rings. The maximum atomic E-state index is 12.5. The van der Waals surface area contributed by atoms with Gasteiger partial charge in [-0.2, -0.15) is 4.31 Å². The van der Waals surface area contributed by atoms with Crippen molar-refractivity contribution >= 4 is 21.4 Å². The van der Waals surface area contributed by atoms with E-state index in [-0.39, 0.29) is 22.7 Å². The number of methoxy groups -OCH3 is 1. The minimum Gasteiger partial charge on any atom is -0.494 e. The van der Waals surface area contributed by atoms with Gasteiger partial charge < -0.3 is 9.84 Å². The zero-order valence-corrected chi connectivity index (χ0v) is 12.0. The molecule has 1 saturated heterocycles. The Morgan fingerprint density at radius 3 is 2.83 bits per heavy atom. The van der Waals surface area contributed by atoms with Crippen LogP contribution < -0.4 is 4.74 Å². The van der Waals surface area contributed by atoms with Crippen molar-refractivity contribution in [2.75, 3.05) is 26.8 Å². The number of hydrogen-bond donors (Lipinski definition) is 1. The van der Waals surface area contributed by atoms with E-state index in [2.05, 4.69) is 0 Å². The van der Waals surface area contributed by atoms with Crippen LogP contribution in [0.1, 0.15) is 6.92 Å². The number of sulfonamides is 1. The topological polar surface area (TPSA) is 66.8 Å². The molecule has 1 N–H and O–H groups in total. The molecule has 5 nitrogen and oxygen atoms in total. The van der Waals surface area contributed by atoms with E-state index >= 15 is 0 Å². The lowest BCUT2D eigenvalue weighted by atomic mass is 10.00. The molecule has 0 bridgehead atoms. The Morgan fingerprint density at radius 1 is 1.56 bits per heavy atom. The van der Waals surface area contributed by atoms with E-state index in [1.165, 1.54) is 11.4 Å². The molecule has 1 aromatic rings. The van der Waals surface area contributed by atoms with Crippen LogP contribution in [0.15, 0.2) is 15.7 Å². The summed E-state index contributed by atoms with van der Waals surface area (Å²) in [6, 6.07) is 1.65. The van der Waals surface area contributed by atoms with Crippen LogP contribution in [0.2, 0.25) is 0 Å². The van der Waals surface area contributed by atoms with E-state index < -0.39 is 10.0 Å². The van der Waals surface area contributed by atoms with Crippen LogP contribution in [-0.4, -0.2) is 44.6 Å². The predicted octanol–water partition coefficient (Wildman–Crippen LogP) is 1.01. The van der Waals surface area contributed by atoms with Crippen molar-refractivity contribution in [1.29, 1.82) is 0 Å². The van der Waals surface area contributed by atoms with E-state index in [1.807, 2.05) is 6.92 Å². The fourth-order valence-corrected chi connectivity index (χ4v) is 5.17. The van der Waals surface area contributed by atoms with Crippen LogP contribution in [0.5, 0.6) is 5.75 Å². The first-order valence-electron chi connectivity index (χ1n) is 5.73. The van der Waals surface area contributed by atoms with Gasteiger partial charge in [-0.1, -0.05) is 6.92 Å². The molecule has 1 aromatic heterocycles. The number of hydrogen-bond acceptors (Lipinski definition) is 5. The minimum atomic E-state index is -3.50. The average molecular weight is 291 g/mol. The second kappa shape index (κ2) is 5.16. The zero-order chi connectivity index (χ0) is 13.3. The summed E-state index contributed by atoms with van der Waals surface area (Å²) < 4.78 is 31.7. The standard InChI is InChI=1S/C11H17NO4S2/c1-8-5-12(6-9(8)7-13)18(14,15)11-10(16-2)3-4-17-11/h3-4,8-9,13H,5-7H2,1-2H3/t8-,9+/m1/s1. The molecule has 2 heterocycles. The lowest BCUT2D eigenvalue weighted by molar-refractivity contribution is 0.210. The fourth-order valence-electron chi connectivity index (χ4n) is 2.16. The van der Waals surface area contributed by atoms with Crippen LogP contribution >= 0.6 is 11.3 Å². The molecule has 18 heavy (non-hydrogen) atoms. The molecule has 7 heteroatoms. The monoisotopic (exact) mass is 291 g/mol. The summed E-state index contributed by atoms with van der Waals surface area (Å²) in [4.78, 5) is 0. The van der Waals surface area contributed by atoms with Crippen LogP contribution in [0.4, 0.5) is 0 Å². The first kappa shape index (κ1) is 13.8. The first-order valence-corrected chi connectivity index (χ1v) is 8.05. The Hall–Kier alpha value is -0.630. The van der Waals surface area contributed by atoms with Gasteiger partial charge in [0.1, 0.15) is 5.75 Å². The van der Waals surface area contributed by atoms with Crippen molar-refractivity contribution in [3.05, 3.63) is 11.4 Å². The number of thiophene rings is 1. The van der Waals surface area contributed by atoms with Gasteiger partial charge in [-0.15, -0.1) is 11.3 Å². The summed E-state index contributed by atoms with van der Waals surface area (Å²) in [5.74, 6) is 0.585. The second-order valence-corrected chi connectivity index (χ2v) is 7.57. The number of aliphatic hydroxyl groups is 1. The number of nitrogens with zero attached hydrogens (tertiary/aromatic N) is 1. The van der Waals surface area contributed by atoms with E-state index in [1.54, 1.807) is 11.4 Å². The first-order chi connectivity index (χ1) is 8.50. The molecule has 0 unspecified atom stereocenters. The van der Waals surface area contributed by atoms with Gasteiger partial charge in [0.15, 0.2) is 4.21 Å². The molecule has 1 aliphatic heterocycles. The van der Waals surface area contributed by atoms with E-state index in [0.29, 0.717) is 18.8 Å². The average Bonchev–Trinajstić information content (AvgIpc) is 2.94. The molecular weight excluding hydrogens is 274 g/mol. The van der Waals surface area contributed by atoms with Gasteiger partial charge in [0, 0.05) is 19.7 Å². The Bertz CT molecular complexity index is 511. The summed E-state index contributed by atoms with van der Waals surface area (Å²) in [5, 5.41) is 10.9. The highest BCUT2D eigenvalue weighted by atomic mass is 32.2. The SMILES string of the molecule is COc1ccsc1S(=O)(=O)N1C[C@@H](CO)[C@H](C)C1. The number of ether oxygens (including phenoxy) is 1. The molecule has 0 radical (unpaired) electrons. The van der Waals surface area contributed by atoms with Gasteiger partial charge in [0.25, 0.3) is 10.0 Å². The Morgan fingerprint density at radius 2 is 2.28 bits per heavy atom. The third-order valence-corrected chi connectivity index (χ3v) is 6.61. The molecule has 2 atom stereocenters. The molecule has 102 valence electrons. The highest BCUT2D eigenvalue weighted by Gasteiger charge is 2.38. The Balaban J connectivity index is 2.28. The summed E-state index contributed by atoms with van der Waals surface area (Å²) >= 11 is 1.16. The predicted molar refractivity (Wildman–Crippen MR) is 69.4 cm³/mol. The normalized spacial score (nSPS) is 25.5. The summed E-state index contributed by atoms with van der Waals surface area (Å²) in [6.45, 7) is 2.81. The van der Waals surface area contributed by atoms with Crippen molar-refractivity contribution in [3.63, 3.8) is 0 Å². The Kier molecular flexibility index (Phi) is 3.96. The van der Waals surface area contributed by atoms with Crippen molar-refractivity contribution in [2.24, 2.45) is 11.8 Å². The highest BCUT2D eigenvalue weighted by molar-refractivity contribution is 7.91. The van der Waals surface area contributed by atoms with E-state index in [0.717, 1.165) is 11.3 Å². The summed E-state index contributed by atoms with van der Waals surface area (Å²) in [6.07, 6.45) is 0. The largest absolute Gasteiger partial charge is 0.494 e. The molecular formula is C11H17NO4S2. The van der Waals surface area contributed by atoms with Gasteiger partial charge in [-0.3, -0.25) is 0 Å². The Labute approximate surface area is 111 Å². The van der Waals surface area contributed by atoms with Crippen molar-refractivity contribution in [3.8, 4) is 5.75 Å². The number of aliphatic hydroxyl groups excluding tert-OH is 1. The van der Waals surface area contributed by atoms with Gasteiger partial charge >= 0.3 is 0 Å². The van der Waals surface area contributed by atoms with Gasteiger partial charge in [-0.25, -0.2) is 8.42 Å². The molecule has 0 saturated carbocycles. The van der Waals surface area contributed by atoms with Gasteiger partial charge in [0.05, 0.1) is 7.11 Å².